The predicted molar refractivity (Wildman–Crippen MR) is 79.3 cm³/mol. The van der Waals surface area contributed by atoms with Gasteiger partial charge in [-0.3, -0.25) is 4.68 Å². The summed E-state index contributed by atoms with van der Waals surface area (Å²) in [4.78, 5) is 13.2. The van der Waals surface area contributed by atoms with Gasteiger partial charge in [-0.15, -0.1) is 0 Å². The van der Waals surface area contributed by atoms with Crippen LogP contribution in [0.5, 0.6) is 0 Å². The van der Waals surface area contributed by atoms with Gasteiger partial charge in [-0.1, -0.05) is 12.1 Å². The summed E-state index contributed by atoms with van der Waals surface area (Å²) < 4.78 is 25.8. The van der Waals surface area contributed by atoms with Crippen molar-refractivity contribution in [2.45, 2.75) is 19.6 Å². The average molecular weight is 308 g/mol. The standard InChI is InChI=1S/C14H16N2O4S/c1-10-3-4-11(2)16(10)15-21(19,20)9-12-5-7-13(8-6-12)14(17)18/h3-8,15H,9H2,1-2H3,(H,17,18). The van der Waals surface area contributed by atoms with Crippen LogP contribution >= 0.6 is 0 Å². The van der Waals surface area contributed by atoms with Crippen LogP contribution in [0.1, 0.15) is 27.3 Å². The number of rotatable bonds is 5. The summed E-state index contributed by atoms with van der Waals surface area (Å²) in [6.07, 6.45) is 0. The van der Waals surface area contributed by atoms with E-state index in [1.54, 1.807) is 13.8 Å². The molecule has 0 saturated heterocycles. The molecule has 1 aromatic carbocycles. The van der Waals surface area contributed by atoms with Crippen LogP contribution in [0, 0.1) is 13.8 Å². The predicted octanol–water partition coefficient (Wildman–Crippen LogP) is 1.88. The molecule has 0 atom stereocenters. The molecular weight excluding hydrogens is 292 g/mol. The first kappa shape index (κ1) is 15.1. The molecule has 0 spiro atoms. The highest BCUT2D eigenvalue weighted by atomic mass is 32.2. The molecule has 0 fully saturated rings. The molecular formula is C14H16N2O4S. The molecule has 0 amide bonds. The Morgan fingerprint density at radius 2 is 1.62 bits per heavy atom. The van der Waals surface area contributed by atoms with Crippen molar-refractivity contribution in [2.75, 3.05) is 4.83 Å². The number of carboxylic acid groups (broad SMARTS) is 1. The summed E-state index contributed by atoms with van der Waals surface area (Å²) in [5.41, 5.74) is 2.23. The third-order valence-electron chi connectivity index (χ3n) is 3.06. The lowest BCUT2D eigenvalue weighted by Gasteiger charge is -2.13. The van der Waals surface area contributed by atoms with Gasteiger partial charge in [0.2, 0.25) is 10.0 Å². The molecule has 0 bridgehead atoms. The Hall–Kier alpha value is -2.28. The molecule has 1 aromatic heterocycles. The number of benzene rings is 1. The molecule has 0 aliphatic carbocycles. The van der Waals surface area contributed by atoms with Gasteiger partial charge in [0.25, 0.3) is 0 Å². The summed E-state index contributed by atoms with van der Waals surface area (Å²) in [6.45, 7) is 3.61. The van der Waals surface area contributed by atoms with E-state index in [0.29, 0.717) is 5.56 Å². The van der Waals surface area contributed by atoms with E-state index in [4.69, 9.17) is 5.11 Å². The van der Waals surface area contributed by atoms with E-state index in [0.717, 1.165) is 11.4 Å². The third-order valence-corrected chi connectivity index (χ3v) is 4.23. The second-order valence-corrected chi connectivity index (χ2v) is 6.50. The maximum Gasteiger partial charge on any atom is 0.335 e. The second kappa shape index (κ2) is 5.61. The Bertz CT molecular complexity index is 741. The van der Waals surface area contributed by atoms with Crippen molar-refractivity contribution in [3.63, 3.8) is 0 Å². The van der Waals surface area contributed by atoms with Crippen LogP contribution in [0.3, 0.4) is 0 Å². The summed E-state index contributed by atoms with van der Waals surface area (Å²) >= 11 is 0. The van der Waals surface area contributed by atoms with E-state index in [2.05, 4.69) is 4.83 Å². The molecule has 7 heteroatoms. The minimum atomic E-state index is -3.57. The molecule has 21 heavy (non-hydrogen) atoms. The molecule has 6 nitrogen and oxygen atoms in total. The molecule has 0 aliphatic heterocycles. The second-order valence-electron chi connectivity index (χ2n) is 4.80. The number of carbonyl (C=O) groups is 1. The first-order valence-corrected chi connectivity index (χ1v) is 7.91. The monoisotopic (exact) mass is 308 g/mol. The van der Waals surface area contributed by atoms with Gasteiger partial charge in [-0.05, 0) is 43.7 Å². The Kier molecular flexibility index (Phi) is 4.04. The highest BCUT2D eigenvalue weighted by Crippen LogP contribution is 2.11. The van der Waals surface area contributed by atoms with Gasteiger partial charge in [0.1, 0.15) is 0 Å². The zero-order valence-corrected chi connectivity index (χ0v) is 12.5. The van der Waals surface area contributed by atoms with Crippen LogP contribution in [0.15, 0.2) is 36.4 Å². The molecule has 0 aliphatic rings. The maximum absolute atomic E-state index is 12.1. The number of hydrogen-bond acceptors (Lipinski definition) is 3. The highest BCUT2D eigenvalue weighted by molar-refractivity contribution is 7.91. The number of aromatic nitrogens is 1. The largest absolute Gasteiger partial charge is 0.478 e. The molecule has 1 heterocycles. The summed E-state index contributed by atoms with van der Waals surface area (Å²) in [7, 11) is -3.57. The van der Waals surface area contributed by atoms with Gasteiger partial charge in [-0.2, -0.15) is 0 Å². The molecule has 0 saturated carbocycles. The van der Waals surface area contributed by atoms with Crippen molar-refractivity contribution in [1.29, 1.82) is 0 Å². The zero-order chi connectivity index (χ0) is 15.6. The Morgan fingerprint density at radius 1 is 1.10 bits per heavy atom. The lowest BCUT2D eigenvalue weighted by molar-refractivity contribution is 0.0697. The van der Waals surface area contributed by atoms with Crippen LogP contribution in [0.4, 0.5) is 0 Å². The van der Waals surface area contributed by atoms with Crippen LogP contribution < -0.4 is 4.83 Å². The van der Waals surface area contributed by atoms with Gasteiger partial charge in [-0.25, -0.2) is 18.0 Å². The van der Waals surface area contributed by atoms with Crippen molar-refractivity contribution < 1.29 is 18.3 Å². The molecule has 112 valence electrons. The quantitative estimate of drug-likeness (QED) is 0.882. The molecule has 2 aromatic rings. The van der Waals surface area contributed by atoms with Gasteiger partial charge in [0.15, 0.2) is 0 Å². The summed E-state index contributed by atoms with van der Waals surface area (Å²) in [5.74, 6) is -1.26. The first-order valence-electron chi connectivity index (χ1n) is 6.26. The van der Waals surface area contributed by atoms with Crippen LogP contribution in [-0.4, -0.2) is 24.2 Å². The number of hydrogen-bond donors (Lipinski definition) is 2. The lowest BCUT2D eigenvalue weighted by Crippen LogP contribution is -2.26. The number of sulfonamides is 1. The minimum absolute atomic E-state index is 0.126. The number of aromatic carboxylic acids is 1. The Balaban J connectivity index is 2.16. The van der Waals surface area contributed by atoms with Crippen molar-refractivity contribution >= 4 is 16.0 Å². The van der Waals surface area contributed by atoms with Crippen molar-refractivity contribution in [1.82, 2.24) is 4.68 Å². The van der Waals surface area contributed by atoms with Crippen molar-refractivity contribution in [3.8, 4) is 0 Å². The summed E-state index contributed by atoms with van der Waals surface area (Å²) in [5, 5.41) is 8.81. The lowest BCUT2D eigenvalue weighted by atomic mass is 10.1. The minimum Gasteiger partial charge on any atom is -0.478 e. The van der Waals surface area contributed by atoms with Gasteiger partial charge in [0, 0.05) is 11.4 Å². The van der Waals surface area contributed by atoms with Crippen molar-refractivity contribution in [3.05, 3.63) is 58.9 Å². The van der Waals surface area contributed by atoms with E-state index >= 15 is 0 Å². The topological polar surface area (TPSA) is 88.4 Å². The number of carboxylic acids is 1. The zero-order valence-electron chi connectivity index (χ0n) is 11.7. The number of nitrogens with zero attached hydrogens (tertiary/aromatic N) is 1. The first-order chi connectivity index (χ1) is 9.78. The van der Waals surface area contributed by atoms with Crippen LogP contribution in [-0.2, 0) is 15.8 Å². The van der Waals surface area contributed by atoms with Crippen LogP contribution in [0.25, 0.3) is 0 Å². The Morgan fingerprint density at radius 3 is 2.10 bits per heavy atom. The van der Waals surface area contributed by atoms with E-state index < -0.39 is 16.0 Å². The molecule has 0 unspecified atom stereocenters. The van der Waals surface area contributed by atoms with E-state index in [1.165, 1.54) is 28.9 Å². The third kappa shape index (κ3) is 3.63. The highest BCUT2D eigenvalue weighted by Gasteiger charge is 2.14. The van der Waals surface area contributed by atoms with E-state index in [9.17, 15) is 13.2 Å². The number of nitrogens with one attached hydrogen (secondary N) is 1. The van der Waals surface area contributed by atoms with E-state index in [-0.39, 0.29) is 11.3 Å². The fraction of sp³-hybridized carbons (Fsp3) is 0.214. The maximum atomic E-state index is 12.1. The average Bonchev–Trinajstić information content (AvgIpc) is 2.70. The normalized spacial score (nSPS) is 11.3. The SMILES string of the molecule is Cc1ccc(C)n1NS(=O)(=O)Cc1ccc(C(=O)O)cc1. The summed E-state index contributed by atoms with van der Waals surface area (Å²) in [6, 6.07) is 9.41. The Labute approximate surface area is 123 Å². The fourth-order valence-electron chi connectivity index (χ4n) is 1.95. The van der Waals surface area contributed by atoms with E-state index in [1.807, 2.05) is 12.1 Å². The smallest absolute Gasteiger partial charge is 0.335 e. The number of aryl methyl sites for hydroxylation is 2. The van der Waals surface area contributed by atoms with Crippen LogP contribution in [0.2, 0.25) is 0 Å². The molecule has 0 radical (unpaired) electrons. The van der Waals surface area contributed by atoms with Gasteiger partial charge >= 0.3 is 5.97 Å². The fourth-order valence-corrected chi connectivity index (χ4v) is 3.21. The molecule has 2 N–H and O–H groups in total. The van der Waals surface area contributed by atoms with Crippen molar-refractivity contribution in [2.24, 2.45) is 0 Å². The molecule has 2 rings (SSSR count). The van der Waals surface area contributed by atoms with Gasteiger partial charge in [0.05, 0.1) is 11.3 Å². The van der Waals surface area contributed by atoms with Gasteiger partial charge < -0.3 is 5.11 Å².